The van der Waals surface area contributed by atoms with Gasteiger partial charge in [-0.2, -0.15) is 0 Å². The fourth-order valence-corrected chi connectivity index (χ4v) is 13.1. The highest BCUT2D eigenvalue weighted by Crippen LogP contribution is 2.50. The molecule has 0 spiro atoms. The van der Waals surface area contributed by atoms with Gasteiger partial charge in [-0.25, -0.2) is 0 Å². The standard InChI is InChI=1S/C74H49N3S/c1-4-19-50(20-5-1)52-35-39-57(40-36-52)75(58-41-37-53(38-42-58)51-21-6-2-7-22-51)60-45-55(69-47-54-23-10-11-26-62(54)63-27-12-13-28-64(63)69)46-61(48-60)76(71-33-18-31-68-67-30-15-17-34-73(67)78-74(68)71)59-43-44-66-65-29-14-16-32-70(65)77(72(66)49-59)56-24-8-3-9-25-56/h1-49H. The SMILES string of the molecule is c1ccc(-c2ccc(N(c3ccc(-c4ccccc4)cc3)c3cc(-c4cc5ccccc5c5ccccc45)cc(N(c4ccc5c6ccccc6n(-c6ccccc6)c5c4)c4cccc5c4sc4ccccc45)c3)cc2)cc1. The van der Waals surface area contributed by atoms with E-state index in [4.69, 9.17) is 0 Å². The van der Waals surface area contributed by atoms with Crippen molar-refractivity contribution in [1.29, 1.82) is 0 Å². The van der Waals surface area contributed by atoms with Crippen molar-refractivity contribution in [3.05, 3.63) is 297 Å². The second-order valence-corrected chi connectivity index (χ2v) is 21.1. The molecule has 0 amide bonds. The maximum absolute atomic E-state index is 2.52. The summed E-state index contributed by atoms with van der Waals surface area (Å²) in [5.41, 5.74) is 16.8. The van der Waals surface area contributed by atoms with E-state index in [0.717, 1.165) is 50.9 Å². The van der Waals surface area contributed by atoms with Gasteiger partial charge < -0.3 is 14.4 Å². The molecule has 366 valence electrons. The summed E-state index contributed by atoms with van der Waals surface area (Å²) < 4.78 is 4.92. The van der Waals surface area contributed by atoms with Crippen LogP contribution in [0, 0.1) is 0 Å². The molecule has 2 heterocycles. The van der Waals surface area contributed by atoms with Gasteiger partial charge in [-0.3, -0.25) is 0 Å². The molecule has 0 saturated carbocycles. The molecular weight excluding hydrogens is 963 g/mol. The smallest absolute Gasteiger partial charge is 0.0640 e. The summed E-state index contributed by atoms with van der Waals surface area (Å²) in [6.07, 6.45) is 0. The lowest BCUT2D eigenvalue weighted by Crippen LogP contribution is -2.14. The number of rotatable bonds is 10. The first-order valence-corrected chi connectivity index (χ1v) is 27.5. The molecular formula is C74H49N3S. The van der Waals surface area contributed by atoms with Gasteiger partial charge in [-0.05, 0) is 146 Å². The number of thiophene rings is 1. The van der Waals surface area contributed by atoms with Crippen molar-refractivity contribution in [1.82, 2.24) is 4.57 Å². The number of nitrogens with zero attached hydrogens (tertiary/aromatic N) is 3. The third-order valence-corrected chi connectivity index (χ3v) is 16.7. The first-order valence-electron chi connectivity index (χ1n) is 26.6. The highest BCUT2D eigenvalue weighted by atomic mass is 32.1. The molecule has 3 nitrogen and oxygen atoms in total. The van der Waals surface area contributed by atoms with Gasteiger partial charge in [0.2, 0.25) is 0 Å². The molecule has 0 atom stereocenters. The average Bonchev–Trinajstić information content (AvgIpc) is 4.26. The van der Waals surface area contributed by atoms with Crippen molar-refractivity contribution in [2.75, 3.05) is 9.80 Å². The van der Waals surface area contributed by atoms with Crippen LogP contribution in [0.3, 0.4) is 0 Å². The number of para-hydroxylation sites is 2. The molecule has 0 fully saturated rings. The molecule has 15 aromatic rings. The molecule has 78 heavy (non-hydrogen) atoms. The van der Waals surface area contributed by atoms with E-state index < -0.39 is 0 Å². The van der Waals surface area contributed by atoms with Crippen LogP contribution >= 0.6 is 11.3 Å². The lowest BCUT2D eigenvalue weighted by atomic mass is 9.92. The fourth-order valence-electron chi connectivity index (χ4n) is 11.9. The summed E-state index contributed by atoms with van der Waals surface area (Å²) in [6.45, 7) is 0. The molecule has 15 rings (SSSR count). The zero-order valence-electron chi connectivity index (χ0n) is 42.5. The Balaban J connectivity index is 1.04. The molecule has 0 aliphatic carbocycles. The van der Waals surface area contributed by atoms with E-state index in [-0.39, 0.29) is 0 Å². The second kappa shape index (κ2) is 19.0. The molecule has 4 heteroatoms. The molecule has 2 aromatic heterocycles. The predicted octanol–water partition coefficient (Wildman–Crippen LogP) is 21.4. The van der Waals surface area contributed by atoms with E-state index in [2.05, 4.69) is 312 Å². The Labute approximate surface area is 457 Å². The van der Waals surface area contributed by atoms with E-state index in [9.17, 15) is 0 Å². The minimum atomic E-state index is 1.03. The zero-order valence-corrected chi connectivity index (χ0v) is 43.4. The Morgan fingerprint density at radius 1 is 0.269 bits per heavy atom. The summed E-state index contributed by atoms with van der Waals surface area (Å²) in [5, 5.41) is 9.82. The average molecular weight is 1010 g/mol. The Morgan fingerprint density at radius 3 is 1.47 bits per heavy atom. The van der Waals surface area contributed by atoms with Crippen LogP contribution in [0.5, 0.6) is 0 Å². The quantitative estimate of drug-likeness (QED) is 0.127. The number of anilines is 6. The summed E-state index contributed by atoms with van der Waals surface area (Å²) in [5.74, 6) is 0. The van der Waals surface area contributed by atoms with Crippen molar-refractivity contribution >= 4 is 109 Å². The van der Waals surface area contributed by atoms with Crippen molar-refractivity contribution < 1.29 is 0 Å². The van der Waals surface area contributed by atoms with Gasteiger partial charge >= 0.3 is 0 Å². The molecule has 0 unspecified atom stereocenters. The molecule has 0 radical (unpaired) electrons. The maximum atomic E-state index is 2.52. The minimum Gasteiger partial charge on any atom is -0.310 e. The fraction of sp³-hybridized carbons (Fsp3) is 0. The Morgan fingerprint density at radius 2 is 0.782 bits per heavy atom. The maximum Gasteiger partial charge on any atom is 0.0640 e. The van der Waals surface area contributed by atoms with Crippen molar-refractivity contribution in [2.45, 2.75) is 0 Å². The Bertz CT molecular complexity index is 4630. The molecule has 0 N–H and O–H groups in total. The van der Waals surface area contributed by atoms with Crippen LogP contribution in [0.15, 0.2) is 297 Å². The second-order valence-electron chi connectivity index (χ2n) is 20.1. The largest absolute Gasteiger partial charge is 0.310 e. The van der Waals surface area contributed by atoms with E-state index in [1.165, 1.54) is 85.8 Å². The lowest BCUT2D eigenvalue weighted by molar-refractivity contribution is 1.18. The van der Waals surface area contributed by atoms with Crippen molar-refractivity contribution in [3.63, 3.8) is 0 Å². The first-order chi connectivity index (χ1) is 38.7. The van der Waals surface area contributed by atoms with Gasteiger partial charge in [0.25, 0.3) is 0 Å². The van der Waals surface area contributed by atoms with Gasteiger partial charge in [0.1, 0.15) is 0 Å². The monoisotopic (exact) mass is 1010 g/mol. The number of hydrogen-bond acceptors (Lipinski definition) is 3. The van der Waals surface area contributed by atoms with Gasteiger partial charge in [-0.15, -0.1) is 11.3 Å². The number of hydrogen-bond donors (Lipinski definition) is 0. The molecule has 13 aromatic carbocycles. The molecule has 0 aliphatic heterocycles. The predicted molar refractivity (Wildman–Crippen MR) is 334 cm³/mol. The topological polar surface area (TPSA) is 11.4 Å². The van der Waals surface area contributed by atoms with E-state index in [1.54, 1.807) is 0 Å². The molecule has 0 saturated heterocycles. The number of benzene rings is 13. The summed E-state index contributed by atoms with van der Waals surface area (Å²) in [4.78, 5) is 4.96. The van der Waals surface area contributed by atoms with E-state index >= 15 is 0 Å². The van der Waals surface area contributed by atoms with Crippen LogP contribution in [0.1, 0.15) is 0 Å². The van der Waals surface area contributed by atoms with Crippen molar-refractivity contribution in [2.24, 2.45) is 0 Å². The van der Waals surface area contributed by atoms with Crippen LogP contribution in [0.4, 0.5) is 34.1 Å². The third-order valence-electron chi connectivity index (χ3n) is 15.5. The highest BCUT2D eigenvalue weighted by Gasteiger charge is 2.25. The normalized spacial score (nSPS) is 11.6. The van der Waals surface area contributed by atoms with Gasteiger partial charge in [0, 0.05) is 60.4 Å². The Hall–Kier alpha value is -10.0. The van der Waals surface area contributed by atoms with Crippen LogP contribution in [-0.2, 0) is 0 Å². The number of aromatic nitrogens is 1. The van der Waals surface area contributed by atoms with Gasteiger partial charge in [0.15, 0.2) is 0 Å². The molecule has 0 bridgehead atoms. The lowest BCUT2D eigenvalue weighted by Gasteiger charge is -2.31. The van der Waals surface area contributed by atoms with Crippen molar-refractivity contribution in [3.8, 4) is 39.1 Å². The summed E-state index contributed by atoms with van der Waals surface area (Å²) >= 11 is 1.86. The van der Waals surface area contributed by atoms with Gasteiger partial charge in [0.05, 0.1) is 21.4 Å². The summed E-state index contributed by atoms with van der Waals surface area (Å²) in [6, 6.07) is 109. The molecule has 0 aliphatic rings. The summed E-state index contributed by atoms with van der Waals surface area (Å²) in [7, 11) is 0. The van der Waals surface area contributed by atoms with E-state index in [0.29, 0.717) is 0 Å². The third kappa shape index (κ3) is 7.81. The van der Waals surface area contributed by atoms with Crippen LogP contribution < -0.4 is 9.80 Å². The van der Waals surface area contributed by atoms with Crippen LogP contribution in [-0.4, -0.2) is 4.57 Å². The minimum absolute atomic E-state index is 1.03. The van der Waals surface area contributed by atoms with Crippen LogP contribution in [0.25, 0.3) is 103 Å². The first kappa shape index (κ1) is 45.4. The zero-order chi connectivity index (χ0) is 51.5. The van der Waals surface area contributed by atoms with Gasteiger partial charge in [-0.1, -0.05) is 206 Å². The Kier molecular flexibility index (Phi) is 11.0. The van der Waals surface area contributed by atoms with Crippen LogP contribution in [0.2, 0.25) is 0 Å². The van der Waals surface area contributed by atoms with E-state index in [1.807, 2.05) is 11.3 Å². The number of fused-ring (bicyclic) bond motifs is 9. The highest BCUT2D eigenvalue weighted by molar-refractivity contribution is 7.26.